The van der Waals surface area contributed by atoms with E-state index in [0.717, 1.165) is 0 Å². The molecule has 20 heavy (non-hydrogen) atoms. The normalized spacial score (nSPS) is 16.0. The second-order valence-electron chi connectivity index (χ2n) is 6.09. The summed E-state index contributed by atoms with van der Waals surface area (Å²) in [5.74, 6) is 0. The zero-order chi connectivity index (χ0) is 13.7. The highest BCUT2D eigenvalue weighted by Gasteiger charge is 2.24. The van der Waals surface area contributed by atoms with Crippen LogP contribution in [0.15, 0.2) is 35.9 Å². The van der Waals surface area contributed by atoms with E-state index in [1.54, 1.807) is 11.1 Å². The number of fused-ring (bicyclic) bond motifs is 2. The molecule has 99 valence electrons. The largest absolute Gasteiger partial charge is 0.0642 e. The van der Waals surface area contributed by atoms with Gasteiger partial charge in [0, 0.05) is 6.42 Å². The van der Waals surface area contributed by atoms with Gasteiger partial charge in [-0.15, -0.1) is 0 Å². The molecule has 0 aliphatic heterocycles. The van der Waals surface area contributed by atoms with Crippen LogP contribution in [0.3, 0.4) is 0 Å². The summed E-state index contributed by atoms with van der Waals surface area (Å²) in [6.07, 6.45) is 8.47. The lowest BCUT2D eigenvalue weighted by atomic mass is 9.88. The summed E-state index contributed by atoms with van der Waals surface area (Å²) >= 11 is 0. The van der Waals surface area contributed by atoms with E-state index < -0.39 is 0 Å². The minimum absolute atomic E-state index is 1.24. The summed E-state index contributed by atoms with van der Waals surface area (Å²) in [6.45, 7) is 4.43. The van der Waals surface area contributed by atoms with Gasteiger partial charge in [-0.1, -0.05) is 42.0 Å². The van der Waals surface area contributed by atoms with Crippen LogP contribution in [0.2, 0.25) is 0 Å². The minimum Gasteiger partial charge on any atom is -0.0642 e. The quantitative estimate of drug-likeness (QED) is 0.666. The number of allylic oxidation sites excluding steroid dienone is 1. The fourth-order valence-corrected chi connectivity index (χ4v) is 3.73. The Morgan fingerprint density at radius 2 is 1.85 bits per heavy atom. The van der Waals surface area contributed by atoms with Gasteiger partial charge in [0.05, 0.1) is 0 Å². The first-order valence-corrected chi connectivity index (χ1v) is 7.52. The monoisotopic (exact) mass is 259 g/mol. The molecule has 0 bridgehead atoms. The molecule has 1 radical (unpaired) electrons. The van der Waals surface area contributed by atoms with Gasteiger partial charge in [0.1, 0.15) is 0 Å². The van der Waals surface area contributed by atoms with Gasteiger partial charge in [-0.2, -0.15) is 0 Å². The van der Waals surface area contributed by atoms with Crippen LogP contribution in [0.25, 0.3) is 17.2 Å². The molecule has 0 N–H and O–H groups in total. The standard InChI is InChI=1S/C20H19/c1-13-10-16-12-15-7-5-9-18(15)20(19(16)11-13)17-8-4-3-6-14(17)2/h3-4,6,8,10-12H,5,7,9H2,1-2H3. The van der Waals surface area contributed by atoms with Crippen LogP contribution < -0.4 is 0 Å². The molecule has 0 fully saturated rings. The number of hydrogen-bond acceptors (Lipinski definition) is 0. The zero-order valence-electron chi connectivity index (χ0n) is 12.2. The molecule has 2 aromatic rings. The highest BCUT2D eigenvalue weighted by molar-refractivity contribution is 5.87. The van der Waals surface area contributed by atoms with Crippen LogP contribution in [0.5, 0.6) is 0 Å². The predicted molar refractivity (Wildman–Crippen MR) is 85.7 cm³/mol. The van der Waals surface area contributed by atoms with Crippen molar-refractivity contribution in [2.45, 2.75) is 33.1 Å². The lowest BCUT2D eigenvalue weighted by Gasteiger charge is -2.16. The Morgan fingerprint density at radius 1 is 1.00 bits per heavy atom. The molecule has 0 heterocycles. The molecule has 0 saturated heterocycles. The summed E-state index contributed by atoms with van der Waals surface area (Å²) in [4.78, 5) is 0. The van der Waals surface area contributed by atoms with E-state index in [2.05, 4.69) is 56.7 Å². The van der Waals surface area contributed by atoms with Crippen molar-refractivity contribution in [3.05, 3.63) is 70.1 Å². The maximum Gasteiger partial charge on any atom is 0.0161 e. The van der Waals surface area contributed by atoms with Crippen molar-refractivity contribution in [1.29, 1.82) is 0 Å². The predicted octanol–water partition coefficient (Wildman–Crippen LogP) is 5.12. The molecule has 0 heteroatoms. The number of hydrogen-bond donors (Lipinski definition) is 0. The molecule has 0 unspecified atom stereocenters. The van der Waals surface area contributed by atoms with E-state index in [1.165, 1.54) is 52.7 Å². The summed E-state index contributed by atoms with van der Waals surface area (Å²) < 4.78 is 0. The van der Waals surface area contributed by atoms with Gasteiger partial charge in [-0.3, -0.25) is 0 Å². The van der Waals surface area contributed by atoms with E-state index >= 15 is 0 Å². The molecule has 0 atom stereocenters. The Balaban J connectivity index is 2.06. The second kappa shape index (κ2) is 4.34. The second-order valence-corrected chi connectivity index (χ2v) is 6.09. The smallest absolute Gasteiger partial charge is 0.0161 e. The third-order valence-electron chi connectivity index (χ3n) is 4.64. The molecule has 0 aromatic heterocycles. The fraction of sp³-hybridized carbons (Fsp3) is 0.250. The van der Waals surface area contributed by atoms with Gasteiger partial charge in [0.15, 0.2) is 0 Å². The molecule has 4 rings (SSSR count). The van der Waals surface area contributed by atoms with Crippen LogP contribution in [-0.2, 0) is 12.8 Å². The average Bonchev–Trinajstić information content (AvgIpc) is 3.02. The van der Waals surface area contributed by atoms with E-state index in [9.17, 15) is 0 Å². The van der Waals surface area contributed by atoms with Crippen LogP contribution in [-0.4, -0.2) is 0 Å². The average molecular weight is 259 g/mol. The van der Waals surface area contributed by atoms with E-state index in [1.807, 2.05) is 0 Å². The Labute approximate surface area is 121 Å². The first kappa shape index (κ1) is 12.0. The summed E-state index contributed by atoms with van der Waals surface area (Å²) in [7, 11) is 0. The van der Waals surface area contributed by atoms with Gasteiger partial charge in [-0.25, -0.2) is 0 Å². The number of benzene rings is 2. The summed E-state index contributed by atoms with van der Waals surface area (Å²) in [5.41, 5.74) is 11.7. The van der Waals surface area contributed by atoms with Crippen molar-refractivity contribution in [2.75, 3.05) is 0 Å². The summed E-state index contributed by atoms with van der Waals surface area (Å²) in [6, 6.07) is 11.2. The van der Waals surface area contributed by atoms with Crippen LogP contribution >= 0.6 is 0 Å². The van der Waals surface area contributed by atoms with Gasteiger partial charge >= 0.3 is 0 Å². The van der Waals surface area contributed by atoms with E-state index in [0.29, 0.717) is 0 Å². The molecule has 2 aliphatic rings. The van der Waals surface area contributed by atoms with Crippen molar-refractivity contribution in [1.82, 2.24) is 0 Å². The molecule has 2 aromatic carbocycles. The van der Waals surface area contributed by atoms with Gasteiger partial charge in [0.25, 0.3) is 0 Å². The molecule has 2 aliphatic carbocycles. The highest BCUT2D eigenvalue weighted by Crippen LogP contribution is 2.42. The Kier molecular flexibility index (Phi) is 2.60. The van der Waals surface area contributed by atoms with Crippen molar-refractivity contribution in [3.8, 4) is 11.1 Å². The molecule has 0 saturated carbocycles. The first-order valence-electron chi connectivity index (χ1n) is 7.52. The molecule has 0 spiro atoms. The van der Waals surface area contributed by atoms with Crippen LogP contribution in [0.4, 0.5) is 0 Å². The topological polar surface area (TPSA) is 0 Å². The Hall–Kier alpha value is -1.82. The highest BCUT2D eigenvalue weighted by atomic mass is 14.3. The maximum atomic E-state index is 2.42. The van der Waals surface area contributed by atoms with Crippen molar-refractivity contribution < 1.29 is 0 Å². The maximum absolute atomic E-state index is 2.42. The van der Waals surface area contributed by atoms with E-state index in [-0.39, 0.29) is 0 Å². The summed E-state index contributed by atoms with van der Waals surface area (Å²) in [5, 5.41) is 0. The molecular weight excluding hydrogens is 240 g/mol. The van der Waals surface area contributed by atoms with Crippen molar-refractivity contribution in [2.24, 2.45) is 0 Å². The van der Waals surface area contributed by atoms with Crippen molar-refractivity contribution >= 4 is 6.08 Å². The zero-order valence-corrected chi connectivity index (χ0v) is 12.2. The molecule has 0 amide bonds. The van der Waals surface area contributed by atoms with Crippen molar-refractivity contribution in [3.63, 3.8) is 0 Å². The van der Waals surface area contributed by atoms with Gasteiger partial charge in [-0.05, 0) is 72.1 Å². The lowest BCUT2D eigenvalue weighted by molar-refractivity contribution is 0.912. The fourth-order valence-electron chi connectivity index (χ4n) is 3.73. The van der Waals surface area contributed by atoms with Crippen LogP contribution in [0, 0.1) is 13.3 Å². The van der Waals surface area contributed by atoms with E-state index in [4.69, 9.17) is 0 Å². The lowest BCUT2D eigenvalue weighted by Crippen LogP contribution is -1.97. The third kappa shape index (κ3) is 1.67. The number of aryl methyl sites for hydroxylation is 2. The minimum atomic E-state index is 1.24. The first-order chi connectivity index (χ1) is 9.74. The van der Waals surface area contributed by atoms with Crippen LogP contribution in [0.1, 0.15) is 41.2 Å². The third-order valence-corrected chi connectivity index (χ3v) is 4.64. The Morgan fingerprint density at radius 3 is 2.70 bits per heavy atom. The molecular formula is C20H19. The number of rotatable bonds is 1. The molecule has 0 nitrogen and oxygen atoms in total. The van der Waals surface area contributed by atoms with Gasteiger partial charge in [0.2, 0.25) is 0 Å². The Bertz CT molecular complexity index is 732. The van der Waals surface area contributed by atoms with Gasteiger partial charge < -0.3 is 0 Å². The SMILES string of the molecule is CC1=Cc2c(cc3c(c2-c2ccccc2C)CCC3)[CH]1.